The van der Waals surface area contributed by atoms with E-state index in [0.717, 1.165) is 11.3 Å². The van der Waals surface area contributed by atoms with Crippen molar-refractivity contribution in [3.63, 3.8) is 0 Å². The maximum atomic E-state index is 12.5. The average molecular weight is 420 g/mol. The first-order chi connectivity index (χ1) is 14.1. The lowest BCUT2D eigenvalue weighted by atomic mass is 10.2. The molecule has 1 aromatic heterocycles. The van der Waals surface area contributed by atoms with E-state index >= 15 is 0 Å². The van der Waals surface area contributed by atoms with Gasteiger partial charge in [0.1, 0.15) is 0 Å². The van der Waals surface area contributed by atoms with Gasteiger partial charge < -0.3 is 0 Å². The Morgan fingerprint density at radius 3 is 2.31 bits per heavy atom. The Labute approximate surface area is 178 Å². The standard InChI is InChI=1S/C23H18ClN3OS/c1-16-7-13-20(14-8-16)27-22(18-9-11-19(24)12-10-18)25-26-23(27)29-15-21(28)17-5-3-2-4-6-17/h2-14H,15H2,1H3. The van der Waals surface area contributed by atoms with Crippen molar-refractivity contribution < 1.29 is 4.79 Å². The van der Waals surface area contributed by atoms with Gasteiger partial charge in [-0.15, -0.1) is 10.2 Å². The molecule has 4 nitrogen and oxygen atoms in total. The smallest absolute Gasteiger partial charge is 0.196 e. The highest BCUT2D eigenvalue weighted by molar-refractivity contribution is 7.99. The van der Waals surface area contributed by atoms with E-state index in [-0.39, 0.29) is 11.5 Å². The van der Waals surface area contributed by atoms with Gasteiger partial charge in [-0.25, -0.2) is 0 Å². The molecule has 29 heavy (non-hydrogen) atoms. The first-order valence-electron chi connectivity index (χ1n) is 9.11. The predicted octanol–water partition coefficient (Wildman–Crippen LogP) is 5.87. The summed E-state index contributed by atoms with van der Waals surface area (Å²) in [7, 11) is 0. The number of thioether (sulfide) groups is 1. The molecule has 4 aromatic rings. The molecule has 0 spiro atoms. The fourth-order valence-electron chi connectivity index (χ4n) is 2.91. The second-order valence-electron chi connectivity index (χ2n) is 6.56. The van der Waals surface area contributed by atoms with Gasteiger partial charge in [0.2, 0.25) is 0 Å². The fraction of sp³-hybridized carbons (Fsp3) is 0.0870. The molecular weight excluding hydrogens is 402 g/mol. The van der Waals surface area contributed by atoms with Gasteiger partial charge in [0.25, 0.3) is 0 Å². The molecule has 0 saturated heterocycles. The number of carbonyl (C=O) groups excluding carboxylic acids is 1. The molecule has 6 heteroatoms. The average Bonchev–Trinajstić information content (AvgIpc) is 3.17. The highest BCUT2D eigenvalue weighted by Crippen LogP contribution is 2.29. The second kappa shape index (κ2) is 8.64. The summed E-state index contributed by atoms with van der Waals surface area (Å²) in [5.74, 6) is 1.05. The van der Waals surface area contributed by atoms with Crippen molar-refractivity contribution in [3.05, 3.63) is 95.0 Å². The Bertz CT molecular complexity index is 1120. The highest BCUT2D eigenvalue weighted by Gasteiger charge is 2.17. The number of aryl methyl sites for hydroxylation is 1. The van der Waals surface area contributed by atoms with Crippen LogP contribution in [0.3, 0.4) is 0 Å². The third-order valence-electron chi connectivity index (χ3n) is 4.46. The number of ketones is 1. The van der Waals surface area contributed by atoms with Gasteiger partial charge in [0.05, 0.1) is 5.75 Å². The van der Waals surface area contributed by atoms with E-state index in [1.807, 2.05) is 90.4 Å². The van der Waals surface area contributed by atoms with Gasteiger partial charge in [-0.3, -0.25) is 9.36 Å². The Balaban J connectivity index is 1.69. The Morgan fingerprint density at radius 1 is 0.931 bits per heavy atom. The zero-order valence-corrected chi connectivity index (χ0v) is 17.3. The third-order valence-corrected chi connectivity index (χ3v) is 5.64. The zero-order valence-electron chi connectivity index (χ0n) is 15.7. The molecule has 3 aromatic carbocycles. The topological polar surface area (TPSA) is 47.8 Å². The minimum atomic E-state index is 0.0575. The van der Waals surface area contributed by atoms with Crippen LogP contribution in [0.25, 0.3) is 17.1 Å². The first-order valence-corrected chi connectivity index (χ1v) is 10.5. The van der Waals surface area contributed by atoms with Gasteiger partial charge in [-0.05, 0) is 43.3 Å². The fourth-order valence-corrected chi connectivity index (χ4v) is 3.89. The minimum absolute atomic E-state index is 0.0575. The van der Waals surface area contributed by atoms with Crippen LogP contribution >= 0.6 is 23.4 Å². The third kappa shape index (κ3) is 4.42. The van der Waals surface area contributed by atoms with Crippen molar-refractivity contribution in [1.29, 1.82) is 0 Å². The summed E-state index contributed by atoms with van der Waals surface area (Å²) in [6.45, 7) is 2.05. The molecular formula is C23H18ClN3OS. The number of hydrogen-bond donors (Lipinski definition) is 0. The van der Waals surface area contributed by atoms with Crippen LogP contribution in [0.5, 0.6) is 0 Å². The van der Waals surface area contributed by atoms with Gasteiger partial charge in [0.15, 0.2) is 16.8 Å². The zero-order chi connectivity index (χ0) is 20.2. The molecule has 0 atom stereocenters. The van der Waals surface area contributed by atoms with E-state index in [0.29, 0.717) is 21.6 Å². The monoisotopic (exact) mass is 419 g/mol. The Kier molecular flexibility index (Phi) is 5.79. The second-order valence-corrected chi connectivity index (χ2v) is 7.94. The van der Waals surface area contributed by atoms with E-state index in [1.54, 1.807) is 0 Å². The molecule has 1 heterocycles. The van der Waals surface area contributed by atoms with Gasteiger partial charge in [0, 0.05) is 21.8 Å². The largest absolute Gasteiger partial charge is 0.293 e. The number of benzene rings is 3. The normalized spacial score (nSPS) is 10.8. The Hall–Kier alpha value is -2.89. The van der Waals surface area contributed by atoms with E-state index in [4.69, 9.17) is 11.6 Å². The van der Waals surface area contributed by atoms with Crippen LogP contribution in [-0.4, -0.2) is 26.3 Å². The molecule has 0 bridgehead atoms. The lowest BCUT2D eigenvalue weighted by Crippen LogP contribution is -2.05. The summed E-state index contributed by atoms with van der Waals surface area (Å²) in [6, 6.07) is 24.9. The van der Waals surface area contributed by atoms with Crippen molar-refractivity contribution in [2.24, 2.45) is 0 Å². The van der Waals surface area contributed by atoms with Crippen molar-refractivity contribution >= 4 is 29.1 Å². The molecule has 0 aliphatic rings. The molecule has 0 saturated carbocycles. The van der Waals surface area contributed by atoms with Crippen LogP contribution in [0.4, 0.5) is 0 Å². The summed E-state index contributed by atoms with van der Waals surface area (Å²) < 4.78 is 1.98. The molecule has 4 rings (SSSR count). The molecule has 144 valence electrons. The molecule has 0 unspecified atom stereocenters. The summed E-state index contributed by atoms with van der Waals surface area (Å²) in [5, 5.41) is 10.1. The number of rotatable bonds is 6. The lowest BCUT2D eigenvalue weighted by molar-refractivity contribution is 0.102. The van der Waals surface area contributed by atoms with E-state index < -0.39 is 0 Å². The summed E-state index contributed by atoms with van der Waals surface area (Å²) in [5.41, 5.74) is 3.71. The maximum Gasteiger partial charge on any atom is 0.196 e. The number of halogens is 1. The van der Waals surface area contributed by atoms with E-state index in [9.17, 15) is 4.79 Å². The first kappa shape index (κ1) is 19.4. The van der Waals surface area contributed by atoms with Crippen molar-refractivity contribution in [2.75, 3.05) is 5.75 Å². The lowest BCUT2D eigenvalue weighted by Gasteiger charge is -2.11. The van der Waals surface area contributed by atoms with Crippen LogP contribution in [0.2, 0.25) is 5.02 Å². The summed E-state index contributed by atoms with van der Waals surface area (Å²) in [6.07, 6.45) is 0. The minimum Gasteiger partial charge on any atom is -0.293 e. The number of carbonyl (C=O) groups is 1. The molecule has 0 fully saturated rings. The van der Waals surface area contributed by atoms with Crippen LogP contribution < -0.4 is 0 Å². The van der Waals surface area contributed by atoms with Crippen LogP contribution in [-0.2, 0) is 0 Å². The summed E-state index contributed by atoms with van der Waals surface area (Å²) in [4.78, 5) is 12.5. The Morgan fingerprint density at radius 2 is 1.62 bits per heavy atom. The van der Waals surface area contributed by atoms with E-state index in [1.165, 1.54) is 17.3 Å². The van der Waals surface area contributed by atoms with Crippen LogP contribution in [0.1, 0.15) is 15.9 Å². The summed E-state index contributed by atoms with van der Waals surface area (Å²) >= 11 is 7.42. The van der Waals surface area contributed by atoms with Crippen molar-refractivity contribution in [1.82, 2.24) is 14.8 Å². The van der Waals surface area contributed by atoms with Crippen LogP contribution in [0.15, 0.2) is 84.0 Å². The quantitative estimate of drug-likeness (QED) is 0.289. The predicted molar refractivity (Wildman–Crippen MR) is 118 cm³/mol. The number of nitrogens with zero attached hydrogens (tertiary/aromatic N) is 3. The van der Waals surface area contributed by atoms with Gasteiger partial charge in [-0.2, -0.15) is 0 Å². The number of aromatic nitrogens is 3. The van der Waals surface area contributed by atoms with E-state index in [2.05, 4.69) is 10.2 Å². The SMILES string of the molecule is Cc1ccc(-n2c(SCC(=O)c3ccccc3)nnc2-c2ccc(Cl)cc2)cc1. The number of Topliss-reactive ketones (excluding diaryl/α,β-unsaturated/α-hetero) is 1. The molecule has 0 aliphatic carbocycles. The highest BCUT2D eigenvalue weighted by atomic mass is 35.5. The number of hydrogen-bond acceptors (Lipinski definition) is 4. The molecule has 0 N–H and O–H groups in total. The molecule has 0 radical (unpaired) electrons. The van der Waals surface area contributed by atoms with Crippen LogP contribution in [0, 0.1) is 6.92 Å². The van der Waals surface area contributed by atoms with Gasteiger partial charge in [-0.1, -0.05) is 71.4 Å². The van der Waals surface area contributed by atoms with Crippen molar-refractivity contribution in [2.45, 2.75) is 12.1 Å². The maximum absolute atomic E-state index is 12.5. The van der Waals surface area contributed by atoms with Gasteiger partial charge >= 0.3 is 0 Å². The molecule has 0 aliphatic heterocycles. The van der Waals surface area contributed by atoms with Crippen molar-refractivity contribution in [3.8, 4) is 17.1 Å². The molecule has 0 amide bonds.